The SMILES string of the molecule is CC(C)[C@@H](NC(=O)NCC[C@@H]1CCCO1)c1ccccn1. The molecule has 1 aliphatic rings. The van der Waals surface area contributed by atoms with E-state index in [9.17, 15) is 4.79 Å². The number of nitrogens with zero attached hydrogens (tertiary/aromatic N) is 1. The fraction of sp³-hybridized carbons (Fsp3) is 0.625. The molecule has 5 heteroatoms. The van der Waals surface area contributed by atoms with E-state index in [-0.39, 0.29) is 18.0 Å². The van der Waals surface area contributed by atoms with Crippen molar-refractivity contribution in [2.24, 2.45) is 5.92 Å². The van der Waals surface area contributed by atoms with Crippen LogP contribution in [0.15, 0.2) is 24.4 Å². The maximum Gasteiger partial charge on any atom is 0.315 e. The first-order valence-electron chi connectivity index (χ1n) is 7.73. The molecule has 0 bridgehead atoms. The minimum absolute atomic E-state index is 0.0751. The van der Waals surface area contributed by atoms with Crippen LogP contribution >= 0.6 is 0 Å². The van der Waals surface area contributed by atoms with Crippen molar-refractivity contribution in [3.63, 3.8) is 0 Å². The van der Waals surface area contributed by atoms with E-state index >= 15 is 0 Å². The summed E-state index contributed by atoms with van der Waals surface area (Å²) in [7, 11) is 0. The van der Waals surface area contributed by atoms with Crippen LogP contribution in [0.4, 0.5) is 4.79 Å². The van der Waals surface area contributed by atoms with Gasteiger partial charge >= 0.3 is 6.03 Å². The second-order valence-electron chi connectivity index (χ2n) is 5.80. The van der Waals surface area contributed by atoms with E-state index in [4.69, 9.17) is 4.74 Å². The fourth-order valence-corrected chi connectivity index (χ4v) is 2.55. The number of carbonyl (C=O) groups excluding carboxylic acids is 1. The van der Waals surface area contributed by atoms with Crippen LogP contribution in [0.5, 0.6) is 0 Å². The Balaban J connectivity index is 1.78. The summed E-state index contributed by atoms with van der Waals surface area (Å²) in [6.07, 6.45) is 5.17. The van der Waals surface area contributed by atoms with Crippen molar-refractivity contribution in [1.29, 1.82) is 0 Å². The number of aromatic nitrogens is 1. The van der Waals surface area contributed by atoms with Crippen LogP contribution in [0.25, 0.3) is 0 Å². The molecule has 2 rings (SSSR count). The lowest BCUT2D eigenvalue weighted by Gasteiger charge is -2.22. The molecule has 0 aromatic carbocycles. The lowest BCUT2D eigenvalue weighted by molar-refractivity contribution is 0.104. The number of pyridine rings is 1. The van der Waals surface area contributed by atoms with Crippen molar-refractivity contribution in [3.8, 4) is 0 Å². The molecule has 1 saturated heterocycles. The van der Waals surface area contributed by atoms with Gasteiger partial charge in [0, 0.05) is 19.3 Å². The van der Waals surface area contributed by atoms with E-state index in [1.54, 1.807) is 6.20 Å². The molecule has 0 aliphatic carbocycles. The summed E-state index contributed by atoms with van der Waals surface area (Å²) in [6.45, 7) is 5.65. The van der Waals surface area contributed by atoms with Crippen molar-refractivity contribution >= 4 is 6.03 Å². The molecule has 2 atom stereocenters. The smallest absolute Gasteiger partial charge is 0.315 e. The number of urea groups is 1. The average Bonchev–Trinajstić information content (AvgIpc) is 2.98. The van der Waals surface area contributed by atoms with Crippen LogP contribution in [0.2, 0.25) is 0 Å². The maximum atomic E-state index is 12.0. The third-order valence-corrected chi connectivity index (χ3v) is 3.74. The Labute approximate surface area is 126 Å². The van der Waals surface area contributed by atoms with Gasteiger partial charge in [-0.15, -0.1) is 0 Å². The number of nitrogens with one attached hydrogen (secondary N) is 2. The molecular weight excluding hydrogens is 266 g/mol. The molecule has 2 amide bonds. The first-order valence-corrected chi connectivity index (χ1v) is 7.73. The Bertz CT molecular complexity index is 430. The minimum Gasteiger partial charge on any atom is -0.378 e. The highest BCUT2D eigenvalue weighted by atomic mass is 16.5. The summed E-state index contributed by atoms with van der Waals surface area (Å²) in [6, 6.07) is 5.54. The molecule has 116 valence electrons. The first kappa shape index (κ1) is 15.8. The summed E-state index contributed by atoms with van der Waals surface area (Å²) in [5.74, 6) is 0.281. The Morgan fingerprint density at radius 2 is 2.33 bits per heavy atom. The molecular formula is C16H25N3O2. The van der Waals surface area contributed by atoms with E-state index in [0.717, 1.165) is 31.6 Å². The van der Waals surface area contributed by atoms with Gasteiger partial charge < -0.3 is 15.4 Å². The molecule has 5 nitrogen and oxygen atoms in total. The largest absolute Gasteiger partial charge is 0.378 e. The van der Waals surface area contributed by atoms with Crippen LogP contribution in [-0.4, -0.2) is 30.3 Å². The molecule has 2 N–H and O–H groups in total. The molecule has 0 radical (unpaired) electrons. The molecule has 1 aliphatic heterocycles. The van der Waals surface area contributed by atoms with Crippen molar-refractivity contribution in [1.82, 2.24) is 15.6 Å². The van der Waals surface area contributed by atoms with Crippen molar-refractivity contribution < 1.29 is 9.53 Å². The van der Waals surface area contributed by atoms with E-state index < -0.39 is 0 Å². The van der Waals surface area contributed by atoms with Crippen molar-refractivity contribution in [2.45, 2.75) is 45.3 Å². The van der Waals surface area contributed by atoms with E-state index in [2.05, 4.69) is 29.5 Å². The van der Waals surface area contributed by atoms with Crippen LogP contribution < -0.4 is 10.6 Å². The van der Waals surface area contributed by atoms with Gasteiger partial charge in [-0.1, -0.05) is 19.9 Å². The molecule has 2 heterocycles. The number of ether oxygens (including phenoxy) is 1. The predicted octanol–water partition coefficient (Wildman–Crippen LogP) is 2.65. The van der Waals surface area contributed by atoms with E-state index in [1.807, 2.05) is 18.2 Å². The number of hydrogen-bond acceptors (Lipinski definition) is 3. The second kappa shape index (κ2) is 7.98. The Kier molecular flexibility index (Phi) is 5.99. The molecule has 0 spiro atoms. The second-order valence-corrected chi connectivity index (χ2v) is 5.80. The number of rotatable bonds is 6. The lowest BCUT2D eigenvalue weighted by atomic mass is 10.0. The monoisotopic (exact) mass is 291 g/mol. The zero-order valence-electron chi connectivity index (χ0n) is 12.8. The van der Waals surface area contributed by atoms with E-state index in [0.29, 0.717) is 12.6 Å². The highest BCUT2D eigenvalue weighted by Crippen LogP contribution is 2.19. The average molecular weight is 291 g/mol. The molecule has 1 fully saturated rings. The number of amides is 2. The predicted molar refractivity (Wildman–Crippen MR) is 81.9 cm³/mol. The van der Waals surface area contributed by atoms with Gasteiger partial charge in [-0.2, -0.15) is 0 Å². The Morgan fingerprint density at radius 1 is 1.48 bits per heavy atom. The normalized spacial score (nSPS) is 19.5. The standard InChI is InChI=1S/C16H25N3O2/c1-12(2)15(14-7-3-4-9-17-14)19-16(20)18-10-8-13-6-5-11-21-13/h3-4,7,9,12-13,15H,5-6,8,10-11H2,1-2H3,(H2,18,19,20)/t13-,15+/m0/s1. The summed E-state index contributed by atoms with van der Waals surface area (Å²) >= 11 is 0. The minimum atomic E-state index is -0.141. The van der Waals surface area contributed by atoms with Gasteiger partial charge in [0.2, 0.25) is 0 Å². The van der Waals surface area contributed by atoms with Gasteiger partial charge in [0.25, 0.3) is 0 Å². The first-order chi connectivity index (χ1) is 10.2. The van der Waals surface area contributed by atoms with E-state index in [1.165, 1.54) is 0 Å². The van der Waals surface area contributed by atoms with Gasteiger partial charge in [0.05, 0.1) is 17.8 Å². The Morgan fingerprint density at radius 3 is 2.95 bits per heavy atom. The van der Waals surface area contributed by atoms with Gasteiger partial charge in [-0.3, -0.25) is 4.98 Å². The topological polar surface area (TPSA) is 63.2 Å². The van der Waals surface area contributed by atoms with Gasteiger partial charge in [0.15, 0.2) is 0 Å². The fourth-order valence-electron chi connectivity index (χ4n) is 2.55. The molecule has 0 unspecified atom stereocenters. The summed E-state index contributed by atoms with van der Waals surface area (Å²) < 4.78 is 5.54. The maximum absolute atomic E-state index is 12.0. The van der Waals surface area contributed by atoms with Gasteiger partial charge in [-0.25, -0.2) is 4.79 Å². The number of carbonyl (C=O) groups is 1. The zero-order chi connectivity index (χ0) is 15.1. The van der Waals surface area contributed by atoms with Crippen LogP contribution in [0, 0.1) is 5.92 Å². The quantitative estimate of drug-likeness (QED) is 0.847. The van der Waals surface area contributed by atoms with Crippen molar-refractivity contribution in [3.05, 3.63) is 30.1 Å². The third-order valence-electron chi connectivity index (χ3n) is 3.74. The molecule has 1 aromatic rings. The molecule has 1 aromatic heterocycles. The number of hydrogen-bond donors (Lipinski definition) is 2. The van der Waals surface area contributed by atoms with Crippen LogP contribution in [-0.2, 0) is 4.74 Å². The molecule has 0 saturated carbocycles. The third kappa shape index (κ3) is 5.01. The zero-order valence-corrected chi connectivity index (χ0v) is 12.8. The van der Waals surface area contributed by atoms with Crippen LogP contribution in [0.3, 0.4) is 0 Å². The van der Waals surface area contributed by atoms with Crippen LogP contribution in [0.1, 0.15) is 44.8 Å². The molecule has 21 heavy (non-hydrogen) atoms. The lowest BCUT2D eigenvalue weighted by Crippen LogP contribution is -2.41. The van der Waals surface area contributed by atoms with Gasteiger partial charge in [-0.05, 0) is 37.3 Å². The summed E-state index contributed by atoms with van der Waals surface area (Å²) in [5.41, 5.74) is 0.891. The highest BCUT2D eigenvalue weighted by Gasteiger charge is 2.20. The summed E-state index contributed by atoms with van der Waals surface area (Å²) in [5, 5.41) is 5.91. The van der Waals surface area contributed by atoms with Gasteiger partial charge in [0.1, 0.15) is 0 Å². The summed E-state index contributed by atoms with van der Waals surface area (Å²) in [4.78, 5) is 16.3. The Hall–Kier alpha value is -1.62. The highest BCUT2D eigenvalue weighted by molar-refractivity contribution is 5.74. The van der Waals surface area contributed by atoms with Crippen molar-refractivity contribution in [2.75, 3.05) is 13.2 Å².